The summed E-state index contributed by atoms with van der Waals surface area (Å²) in [6, 6.07) is 1.11. The predicted molar refractivity (Wildman–Crippen MR) is 127 cm³/mol. The maximum Gasteiger partial charge on any atom is 0.224 e. The first-order chi connectivity index (χ1) is 17.3. The van der Waals surface area contributed by atoms with E-state index in [2.05, 4.69) is 30.9 Å². The zero-order valence-electron chi connectivity index (χ0n) is 19.8. The number of amides is 1. The van der Waals surface area contributed by atoms with Crippen LogP contribution < -0.4 is 16.0 Å². The molecule has 36 heavy (non-hydrogen) atoms. The first-order valence-corrected chi connectivity index (χ1v) is 12.1. The maximum absolute atomic E-state index is 14.4. The van der Waals surface area contributed by atoms with Crippen LogP contribution in [0.25, 0.3) is 11.2 Å². The second kappa shape index (κ2) is 9.92. The molecule has 12 heteroatoms. The summed E-state index contributed by atoms with van der Waals surface area (Å²) >= 11 is 0. The Morgan fingerprint density at radius 3 is 2.47 bits per heavy atom. The van der Waals surface area contributed by atoms with Gasteiger partial charge in [-0.25, -0.2) is 23.1 Å². The summed E-state index contributed by atoms with van der Waals surface area (Å²) in [7, 11) is 1.63. The van der Waals surface area contributed by atoms with Gasteiger partial charge in [-0.15, -0.1) is 0 Å². The molecule has 5 rings (SSSR count). The number of benzene rings is 1. The number of fused-ring (bicyclic) bond motifs is 1. The highest BCUT2D eigenvalue weighted by Gasteiger charge is 2.31. The smallest absolute Gasteiger partial charge is 0.224 e. The minimum Gasteiger partial charge on any atom is -0.393 e. The van der Waals surface area contributed by atoms with Crippen LogP contribution in [0.3, 0.4) is 0 Å². The number of hydrogen-bond donors (Lipinski definition) is 4. The van der Waals surface area contributed by atoms with Crippen molar-refractivity contribution in [2.24, 2.45) is 5.92 Å². The highest BCUT2D eigenvalue weighted by Crippen LogP contribution is 2.36. The summed E-state index contributed by atoms with van der Waals surface area (Å²) < 4.78 is 44.0. The largest absolute Gasteiger partial charge is 0.393 e. The number of halogens is 3. The van der Waals surface area contributed by atoms with E-state index in [4.69, 9.17) is 0 Å². The van der Waals surface area contributed by atoms with Gasteiger partial charge < -0.3 is 21.1 Å². The number of imidazole rings is 1. The first-order valence-electron chi connectivity index (χ1n) is 12.1. The van der Waals surface area contributed by atoms with Crippen LogP contribution in [-0.2, 0) is 4.79 Å². The third-order valence-electron chi connectivity index (χ3n) is 7.09. The highest BCUT2D eigenvalue weighted by molar-refractivity contribution is 5.79. The lowest BCUT2D eigenvalue weighted by atomic mass is 9.93. The summed E-state index contributed by atoms with van der Waals surface area (Å²) in [5, 5.41) is 18.7. The van der Waals surface area contributed by atoms with Crippen LogP contribution in [0.4, 0.5) is 30.8 Å². The van der Waals surface area contributed by atoms with Crippen LogP contribution in [0, 0.1) is 23.4 Å². The van der Waals surface area contributed by atoms with Crippen molar-refractivity contribution in [3.8, 4) is 0 Å². The van der Waals surface area contributed by atoms with E-state index in [0.29, 0.717) is 61.3 Å². The van der Waals surface area contributed by atoms with E-state index in [1.165, 1.54) is 6.20 Å². The Hall–Kier alpha value is -3.41. The number of hydrogen-bond acceptors (Lipinski definition) is 7. The van der Waals surface area contributed by atoms with E-state index in [9.17, 15) is 23.1 Å². The SMILES string of the molecule is CNC(=O)[C@H]1CC[C@H](Nc2ncc3nc(Nc4c(F)cc(F)cc4F)n([C@H]4CC[C@@H](O)CC4)c3n2)C1. The van der Waals surface area contributed by atoms with Gasteiger partial charge in [0, 0.05) is 37.2 Å². The zero-order chi connectivity index (χ0) is 25.4. The van der Waals surface area contributed by atoms with Crippen molar-refractivity contribution in [2.45, 2.75) is 63.1 Å². The van der Waals surface area contributed by atoms with Crippen molar-refractivity contribution in [3.05, 3.63) is 35.8 Å². The molecule has 192 valence electrons. The Kier molecular flexibility index (Phi) is 6.69. The Morgan fingerprint density at radius 2 is 1.78 bits per heavy atom. The van der Waals surface area contributed by atoms with Crippen molar-refractivity contribution in [2.75, 3.05) is 17.7 Å². The third kappa shape index (κ3) is 4.81. The van der Waals surface area contributed by atoms with Gasteiger partial charge >= 0.3 is 0 Å². The van der Waals surface area contributed by atoms with Gasteiger partial charge in [0.05, 0.1) is 12.3 Å². The molecule has 0 spiro atoms. The normalized spacial score (nSPS) is 24.1. The van der Waals surface area contributed by atoms with E-state index < -0.39 is 29.2 Å². The zero-order valence-corrected chi connectivity index (χ0v) is 19.8. The van der Waals surface area contributed by atoms with E-state index in [-0.39, 0.29) is 29.9 Å². The van der Waals surface area contributed by atoms with Crippen LogP contribution in [0.2, 0.25) is 0 Å². The van der Waals surface area contributed by atoms with Crippen LogP contribution in [0.1, 0.15) is 51.0 Å². The molecule has 2 aliphatic rings. The lowest BCUT2D eigenvalue weighted by Gasteiger charge is -2.28. The van der Waals surface area contributed by atoms with Crippen LogP contribution in [0.15, 0.2) is 18.3 Å². The molecule has 2 heterocycles. The van der Waals surface area contributed by atoms with Gasteiger partial charge in [0.15, 0.2) is 17.3 Å². The molecule has 2 atom stereocenters. The van der Waals surface area contributed by atoms with Gasteiger partial charge in [-0.1, -0.05) is 0 Å². The number of nitrogens with one attached hydrogen (secondary N) is 3. The number of rotatable bonds is 6. The molecule has 0 saturated heterocycles. The quantitative estimate of drug-likeness (QED) is 0.404. The molecule has 3 aromatic rings. The molecular weight excluding hydrogens is 475 g/mol. The van der Waals surface area contributed by atoms with Gasteiger partial charge in [-0.05, 0) is 44.9 Å². The number of aliphatic hydroxyl groups is 1. The number of aromatic nitrogens is 4. The monoisotopic (exact) mass is 503 g/mol. The summed E-state index contributed by atoms with van der Waals surface area (Å²) in [5.74, 6) is -2.69. The summed E-state index contributed by atoms with van der Waals surface area (Å²) in [6.45, 7) is 0. The van der Waals surface area contributed by atoms with Crippen molar-refractivity contribution in [1.82, 2.24) is 24.8 Å². The standard InChI is InChI=1S/C24H28F3N7O2/c1-28-22(36)12-2-3-14(8-12)30-23-29-11-19-21(33-23)34(15-4-6-16(35)7-5-15)24(31-19)32-20-17(26)9-13(25)10-18(20)27/h9-12,14-16,35H,2-8H2,1H3,(H,28,36)(H,31,32)(H,29,30,33)/t12-,14-,15-,16+/m0/s1. The number of carbonyl (C=O) groups excluding carboxylic acids is 1. The maximum atomic E-state index is 14.4. The fourth-order valence-corrected chi connectivity index (χ4v) is 5.22. The molecule has 0 radical (unpaired) electrons. The molecule has 2 fully saturated rings. The van der Waals surface area contributed by atoms with Gasteiger partial charge in [0.1, 0.15) is 17.0 Å². The molecular formula is C24H28F3N7O2. The van der Waals surface area contributed by atoms with E-state index in [0.717, 1.165) is 12.8 Å². The van der Waals surface area contributed by atoms with Gasteiger partial charge in [-0.3, -0.25) is 9.36 Å². The number of aliphatic hydroxyl groups excluding tert-OH is 1. The van der Waals surface area contributed by atoms with Crippen LogP contribution in [0.5, 0.6) is 0 Å². The molecule has 2 aromatic heterocycles. The van der Waals surface area contributed by atoms with Crippen molar-refractivity contribution >= 4 is 34.7 Å². The minimum absolute atomic E-state index is 0.0178. The molecule has 0 aliphatic heterocycles. The van der Waals surface area contributed by atoms with Crippen LogP contribution in [-0.4, -0.2) is 49.7 Å². The second-order valence-electron chi connectivity index (χ2n) is 9.51. The average Bonchev–Trinajstić information content (AvgIpc) is 3.46. The fraction of sp³-hybridized carbons (Fsp3) is 0.500. The third-order valence-corrected chi connectivity index (χ3v) is 7.09. The molecule has 1 aromatic carbocycles. The number of anilines is 3. The van der Waals surface area contributed by atoms with Gasteiger partial charge in [0.2, 0.25) is 17.8 Å². The molecule has 9 nitrogen and oxygen atoms in total. The summed E-state index contributed by atoms with van der Waals surface area (Å²) in [5.41, 5.74) is 0.383. The fourth-order valence-electron chi connectivity index (χ4n) is 5.22. The number of carbonyl (C=O) groups is 1. The highest BCUT2D eigenvalue weighted by atomic mass is 19.1. The Morgan fingerprint density at radius 1 is 1.06 bits per heavy atom. The lowest BCUT2D eigenvalue weighted by molar-refractivity contribution is -0.124. The second-order valence-corrected chi connectivity index (χ2v) is 9.51. The average molecular weight is 504 g/mol. The summed E-state index contributed by atoms with van der Waals surface area (Å²) in [6.07, 6.45) is 5.76. The number of nitrogens with zero attached hydrogens (tertiary/aromatic N) is 4. The Labute approximate surface area is 205 Å². The first kappa shape index (κ1) is 24.3. The molecule has 1 amide bonds. The minimum atomic E-state index is -1.08. The lowest BCUT2D eigenvalue weighted by Crippen LogP contribution is -2.27. The topological polar surface area (TPSA) is 117 Å². The van der Waals surface area contributed by atoms with Gasteiger partial charge in [0.25, 0.3) is 0 Å². The summed E-state index contributed by atoms with van der Waals surface area (Å²) in [4.78, 5) is 25.5. The van der Waals surface area contributed by atoms with Crippen molar-refractivity contribution in [1.29, 1.82) is 0 Å². The van der Waals surface area contributed by atoms with E-state index in [1.54, 1.807) is 11.6 Å². The van der Waals surface area contributed by atoms with E-state index in [1.807, 2.05) is 0 Å². The van der Waals surface area contributed by atoms with Crippen molar-refractivity contribution < 1.29 is 23.1 Å². The molecule has 0 bridgehead atoms. The van der Waals surface area contributed by atoms with Crippen molar-refractivity contribution in [3.63, 3.8) is 0 Å². The molecule has 2 aliphatic carbocycles. The predicted octanol–water partition coefficient (Wildman–Crippen LogP) is 3.79. The van der Waals surface area contributed by atoms with E-state index >= 15 is 0 Å². The molecule has 2 saturated carbocycles. The molecule has 4 N–H and O–H groups in total. The molecule has 0 unspecified atom stereocenters. The Bertz CT molecular complexity index is 1250. The van der Waals surface area contributed by atoms with Crippen LogP contribution >= 0.6 is 0 Å². The van der Waals surface area contributed by atoms with Gasteiger partial charge in [-0.2, -0.15) is 4.98 Å². The Balaban J connectivity index is 1.48.